The SMILES string of the molecule is Cc1ccc(C(=O)/C=C/C=C/C=C/[NH+](C)C)cc1. The van der Waals surface area contributed by atoms with Gasteiger partial charge in [0, 0.05) is 5.56 Å². The molecule has 0 unspecified atom stereocenters. The minimum Gasteiger partial charge on any atom is -0.314 e. The molecule has 0 spiro atoms. The molecule has 0 atom stereocenters. The molecule has 2 nitrogen and oxygen atoms in total. The molecule has 1 aromatic rings. The second-order valence-electron chi connectivity index (χ2n) is 4.41. The second kappa shape index (κ2) is 7.41. The van der Waals surface area contributed by atoms with Crippen LogP contribution in [0.2, 0.25) is 0 Å². The lowest BCUT2D eigenvalue weighted by Gasteiger charge is -1.95. The van der Waals surface area contributed by atoms with E-state index >= 15 is 0 Å². The minimum absolute atomic E-state index is 0.0295. The van der Waals surface area contributed by atoms with Crippen molar-refractivity contribution in [2.45, 2.75) is 6.92 Å². The van der Waals surface area contributed by atoms with Crippen LogP contribution in [0.25, 0.3) is 0 Å². The standard InChI is InChI=1S/C16H19NO/c1-14-9-11-15(12-10-14)16(18)8-6-4-5-7-13-17(2)3/h4-13H,1-3H3/p+1/b5-4+,8-6+,13-7+. The van der Waals surface area contributed by atoms with Gasteiger partial charge in [-0.05, 0) is 19.1 Å². The van der Waals surface area contributed by atoms with Crippen LogP contribution in [0.3, 0.4) is 0 Å². The third-order valence-electron chi connectivity index (χ3n) is 2.35. The van der Waals surface area contributed by atoms with E-state index in [1.54, 1.807) is 12.2 Å². The number of carbonyl (C=O) groups is 1. The molecule has 1 N–H and O–H groups in total. The monoisotopic (exact) mass is 242 g/mol. The Morgan fingerprint density at radius 1 is 1.00 bits per heavy atom. The van der Waals surface area contributed by atoms with E-state index in [0.29, 0.717) is 0 Å². The van der Waals surface area contributed by atoms with Gasteiger partial charge in [0.1, 0.15) is 0 Å². The maximum Gasteiger partial charge on any atom is 0.185 e. The number of quaternary nitrogens is 1. The van der Waals surface area contributed by atoms with Gasteiger partial charge >= 0.3 is 0 Å². The van der Waals surface area contributed by atoms with Crippen molar-refractivity contribution < 1.29 is 9.69 Å². The fourth-order valence-electron chi connectivity index (χ4n) is 1.33. The quantitative estimate of drug-likeness (QED) is 0.476. The molecule has 0 aliphatic rings. The molecule has 0 radical (unpaired) electrons. The van der Waals surface area contributed by atoms with Gasteiger partial charge < -0.3 is 4.90 Å². The summed E-state index contributed by atoms with van der Waals surface area (Å²) >= 11 is 0. The van der Waals surface area contributed by atoms with Crippen LogP contribution < -0.4 is 4.90 Å². The van der Waals surface area contributed by atoms with Gasteiger partial charge in [0.25, 0.3) is 0 Å². The molecule has 0 saturated heterocycles. The highest BCUT2D eigenvalue weighted by molar-refractivity contribution is 6.04. The lowest BCUT2D eigenvalue weighted by molar-refractivity contribution is -0.801. The number of benzene rings is 1. The van der Waals surface area contributed by atoms with Crippen LogP contribution in [-0.2, 0) is 0 Å². The first-order chi connectivity index (χ1) is 8.59. The van der Waals surface area contributed by atoms with Crippen LogP contribution in [0.5, 0.6) is 0 Å². The van der Waals surface area contributed by atoms with Gasteiger partial charge in [-0.15, -0.1) is 0 Å². The van der Waals surface area contributed by atoms with Crippen molar-refractivity contribution >= 4 is 5.78 Å². The van der Waals surface area contributed by atoms with Crippen LogP contribution in [0.1, 0.15) is 15.9 Å². The number of hydrogen-bond donors (Lipinski definition) is 1. The van der Waals surface area contributed by atoms with Gasteiger partial charge in [-0.2, -0.15) is 0 Å². The van der Waals surface area contributed by atoms with Gasteiger partial charge in [0.2, 0.25) is 0 Å². The van der Waals surface area contributed by atoms with Crippen molar-refractivity contribution in [2.24, 2.45) is 0 Å². The molecule has 0 aromatic heterocycles. The Hall–Kier alpha value is -1.93. The molecule has 0 fully saturated rings. The van der Waals surface area contributed by atoms with Gasteiger partial charge in [0.05, 0.1) is 20.3 Å². The van der Waals surface area contributed by atoms with Gasteiger partial charge in [-0.3, -0.25) is 4.79 Å². The average Bonchev–Trinajstić information content (AvgIpc) is 2.34. The van der Waals surface area contributed by atoms with E-state index < -0.39 is 0 Å². The Labute approximate surface area is 109 Å². The van der Waals surface area contributed by atoms with Crippen LogP contribution in [0.15, 0.2) is 60.8 Å². The predicted octanol–water partition coefficient (Wildman–Crippen LogP) is 1.95. The number of nitrogens with one attached hydrogen (secondary N) is 1. The topological polar surface area (TPSA) is 21.5 Å². The Balaban J connectivity index is 2.52. The third-order valence-corrected chi connectivity index (χ3v) is 2.35. The van der Waals surface area contributed by atoms with Gasteiger partial charge in [-0.1, -0.05) is 48.1 Å². The van der Waals surface area contributed by atoms with Crippen molar-refractivity contribution in [3.8, 4) is 0 Å². The van der Waals surface area contributed by atoms with Gasteiger partial charge in [0.15, 0.2) is 5.78 Å². The van der Waals surface area contributed by atoms with Crippen molar-refractivity contribution in [1.29, 1.82) is 0 Å². The number of carbonyl (C=O) groups excluding carboxylic acids is 1. The summed E-state index contributed by atoms with van der Waals surface area (Å²) in [7, 11) is 4.09. The van der Waals surface area contributed by atoms with Crippen molar-refractivity contribution in [3.63, 3.8) is 0 Å². The summed E-state index contributed by atoms with van der Waals surface area (Å²) in [6.07, 6.45) is 11.1. The molecule has 0 saturated carbocycles. The molecule has 0 aliphatic carbocycles. The third kappa shape index (κ3) is 5.41. The first-order valence-corrected chi connectivity index (χ1v) is 6.02. The van der Waals surface area contributed by atoms with Crippen LogP contribution in [-0.4, -0.2) is 19.9 Å². The summed E-state index contributed by atoms with van der Waals surface area (Å²) < 4.78 is 0. The van der Waals surface area contributed by atoms with Crippen LogP contribution >= 0.6 is 0 Å². The van der Waals surface area contributed by atoms with Crippen LogP contribution in [0.4, 0.5) is 0 Å². The predicted molar refractivity (Wildman–Crippen MR) is 75.7 cm³/mol. The van der Waals surface area contributed by atoms with E-state index in [1.807, 2.05) is 69.7 Å². The number of rotatable bonds is 5. The molecule has 0 heterocycles. The summed E-state index contributed by atoms with van der Waals surface area (Å²) in [5.41, 5.74) is 1.88. The van der Waals surface area contributed by atoms with Crippen molar-refractivity contribution in [2.75, 3.05) is 14.1 Å². The van der Waals surface area contributed by atoms with Crippen LogP contribution in [0, 0.1) is 6.92 Å². The lowest BCUT2D eigenvalue weighted by Crippen LogP contribution is -3.00. The Morgan fingerprint density at radius 3 is 2.22 bits per heavy atom. The maximum atomic E-state index is 11.8. The summed E-state index contributed by atoms with van der Waals surface area (Å²) in [6, 6.07) is 7.58. The first kappa shape index (κ1) is 14.1. The second-order valence-corrected chi connectivity index (χ2v) is 4.41. The van der Waals surface area contributed by atoms with Crippen molar-refractivity contribution in [1.82, 2.24) is 0 Å². The largest absolute Gasteiger partial charge is 0.314 e. The number of ketones is 1. The van der Waals surface area contributed by atoms with E-state index in [4.69, 9.17) is 0 Å². The number of allylic oxidation sites excluding steroid dienone is 5. The Bertz CT molecular complexity index is 464. The van der Waals surface area contributed by atoms with Crippen molar-refractivity contribution in [3.05, 3.63) is 72.0 Å². The van der Waals surface area contributed by atoms with E-state index in [0.717, 1.165) is 11.1 Å². The molecule has 18 heavy (non-hydrogen) atoms. The highest BCUT2D eigenvalue weighted by Gasteiger charge is 1.98. The minimum atomic E-state index is 0.0295. The molecule has 1 aromatic carbocycles. The van der Waals surface area contributed by atoms with E-state index in [-0.39, 0.29) is 5.78 Å². The zero-order valence-corrected chi connectivity index (χ0v) is 11.2. The maximum absolute atomic E-state index is 11.8. The molecule has 0 bridgehead atoms. The first-order valence-electron chi connectivity index (χ1n) is 6.02. The summed E-state index contributed by atoms with van der Waals surface area (Å²) in [6.45, 7) is 2.01. The highest BCUT2D eigenvalue weighted by Crippen LogP contribution is 2.04. The zero-order chi connectivity index (χ0) is 13.4. The smallest absolute Gasteiger partial charge is 0.185 e. The number of aryl methyl sites for hydroxylation is 1. The summed E-state index contributed by atoms with van der Waals surface area (Å²) in [4.78, 5) is 13.0. The Kier molecular flexibility index (Phi) is 5.81. The lowest BCUT2D eigenvalue weighted by atomic mass is 10.1. The summed E-state index contributed by atoms with van der Waals surface area (Å²) in [5.74, 6) is 0.0295. The molecule has 2 heteroatoms. The van der Waals surface area contributed by atoms with E-state index in [9.17, 15) is 4.79 Å². The van der Waals surface area contributed by atoms with Gasteiger partial charge in [-0.25, -0.2) is 0 Å². The van der Waals surface area contributed by atoms with E-state index in [1.165, 1.54) is 4.90 Å². The Morgan fingerprint density at radius 2 is 1.61 bits per heavy atom. The molecule has 1 rings (SSSR count). The normalized spacial score (nSPS) is 12.2. The molecule has 0 amide bonds. The molecule has 0 aliphatic heterocycles. The fraction of sp³-hybridized carbons (Fsp3) is 0.188. The summed E-state index contributed by atoms with van der Waals surface area (Å²) in [5, 5.41) is 0. The zero-order valence-electron chi connectivity index (χ0n) is 11.2. The highest BCUT2D eigenvalue weighted by atomic mass is 16.1. The van der Waals surface area contributed by atoms with E-state index in [2.05, 4.69) is 0 Å². The number of hydrogen-bond acceptors (Lipinski definition) is 1. The average molecular weight is 242 g/mol. The molecular formula is C16H20NO+. The molecule has 94 valence electrons. The molecular weight excluding hydrogens is 222 g/mol. The fourth-order valence-corrected chi connectivity index (χ4v) is 1.33.